The van der Waals surface area contributed by atoms with Gasteiger partial charge in [-0.15, -0.1) is 0 Å². The topological polar surface area (TPSA) is 47.6 Å². The Labute approximate surface area is 131 Å². The molecule has 0 aromatic heterocycles. The Balaban J connectivity index is 1.63. The minimum atomic E-state index is -0.656. The van der Waals surface area contributed by atoms with Gasteiger partial charge in [0.1, 0.15) is 18.5 Å². The molecular formula is C16H13ClFNO3. The Morgan fingerprint density at radius 2 is 2.00 bits per heavy atom. The molecule has 0 radical (unpaired) electrons. The Bertz CT molecular complexity index is 687. The molecule has 0 fully saturated rings. The largest absolute Gasteiger partial charge is 0.486 e. The fourth-order valence-electron chi connectivity index (χ4n) is 2.17. The molecule has 2 aromatic rings. The van der Waals surface area contributed by atoms with Crippen LogP contribution in [-0.4, -0.2) is 25.2 Å². The minimum absolute atomic E-state index is 0.0728. The monoisotopic (exact) mass is 321 g/mol. The van der Waals surface area contributed by atoms with Gasteiger partial charge in [-0.25, -0.2) is 4.39 Å². The van der Waals surface area contributed by atoms with E-state index in [0.717, 1.165) is 0 Å². The van der Waals surface area contributed by atoms with Gasteiger partial charge in [0.15, 0.2) is 11.5 Å². The van der Waals surface area contributed by atoms with Gasteiger partial charge in [-0.05, 0) is 24.3 Å². The average Bonchev–Trinajstić information content (AvgIpc) is 2.52. The van der Waals surface area contributed by atoms with E-state index in [-0.39, 0.29) is 23.2 Å². The fourth-order valence-corrected chi connectivity index (χ4v) is 2.42. The minimum Gasteiger partial charge on any atom is -0.486 e. The highest BCUT2D eigenvalue weighted by Crippen LogP contribution is 2.30. The average molecular weight is 322 g/mol. The van der Waals surface area contributed by atoms with E-state index in [9.17, 15) is 9.18 Å². The molecular weight excluding hydrogens is 309 g/mol. The van der Waals surface area contributed by atoms with E-state index in [2.05, 4.69) is 5.32 Å². The number of rotatable bonds is 3. The van der Waals surface area contributed by atoms with E-state index >= 15 is 0 Å². The quantitative estimate of drug-likeness (QED) is 0.945. The van der Waals surface area contributed by atoms with Crippen molar-refractivity contribution in [2.24, 2.45) is 0 Å². The van der Waals surface area contributed by atoms with E-state index in [1.54, 1.807) is 6.07 Å². The number of carbonyl (C=O) groups excluding carboxylic acids is 1. The second-order valence-electron chi connectivity index (χ2n) is 4.80. The third-order valence-electron chi connectivity index (χ3n) is 3.25. The second kappa shape index (κ2) is 6.23. The van der Waals surface area contributed by atoms with Crippen molar-refractivity contribution in [3.05, 3.63) is 58.9 Å². The van der Waals surface area contributed by atoms with Gasteiger partial charge in [0.05, 0.1) is 17.1 Å². The number of hydrogen-bond donors (Lipinski definition) is 1. The lowest BCUT2D eigenvalue weighted by Crippen LogP contribution is -2.41. The summed E-state index contributed by atoms with van der Waals surface area (Å²) in [5.74, 6) is 0.0564. The molecule has 0 saturated carbocycles. The molecule has 1 atom stereocenters. The molecule has 4 nitrogen and oxygen atoms in total. The zero-order valence-electron chi connectivity index (χ0n) is 11.5. The molecule has 0 aliphatic carbocycles. The van der Waals surface area contributed by atoms with Gasteiger partial charge in [0, 0.05) is 0 Å². The molecule has 1 heterocycles. The Kier molecular flexibility index (Phi) is 4.15. The molecule has 1 amide bonds. The molecule has 2 aromatic carbocycles. The molecule has 1 N–H and O–H groups in total. The molecule has 0 unspecified atom stereocenters. The normalized spacial score (nSPS) is 16.2. The van der Waals surface area contributed by atoms with Crippen LogP contribution in [0.4, 0.5) is 4.39 Å². The summed E-state index contributed by atoms with van der Waals surface area (Å²) in [4.78, 5) is 12.0. The maximum absolute atomic E-state index is 13.7. The molecule has 1 aliphatic heterocycles. The van der Waals surface area contributed by atoms with Crippen LogP contribution in [-0.2, 0) is 0 Å². The Hall–Kier alpha value is -2.27. The van der Waals surface area contributed by atoms with Gasteiger partial charge in [0.2, 0.25) is 0 Å². The number of amides is 1. The maximum atomic E-state index is 13.7. The number of carbonyl (C=O) groups is 1. The first kappa shape index (κ1) is 14.7. The highest BCUT2D eigenvalue weighted by Gasteiger charge is 2.22. The zero-order valence-corrected chi connectivity index (χ0v) is 12.3. The van der Waals surface area contributed by atoms with Crippen LogP contribution in [0.25, 0.3) is 0 Å². The Morgan fingerprint density at radius 3 is 2.77 bits per heavy atom. The summed E-state index contributed by atoms with van der Waals surface area (Å²) in [6, 6.07) is 11.4. The van der Waals surface area contributed by atoms with Crippen LogP contribution in [0.3, 0.4) is 0 Å². The number of ether oxygens (including phenoxy) is 2. The van der Waals surface area contributed by atoms with E-state index in [1.165, 1.54) is 18.2 Å². The van der Waals surface area contributed by atoms with Gasteiger partial charge in [-0.3, -0.25) is 4.79 Å². The van der Waals surface area contributed by atoms with Crippen molar-refractivity contribution in [1.29, 1.82) is 0 Å². The lowest BCUT2D eigenvalue weighted by Gasteiger charge is -2.26. The van der Waals surface area contributed by atoms with Gasteiger partial charge < -0.3 is 14.8 Å². The zero-order chi connectivity index (χ0) is 15.5. The molecule has 0 bridgehead atoms. The molecule has 3 rings (SSSR count). The van der Waals surface area contributed by atoms with E-state index in [4.69, 9.17) is 21.1 Å². The third kappa shape index (κ3) is 2.99. The smallest absolute Gasteiger partial charge is 0.255 e. The molecule has 22 heavy (non-hydrogen) atoms. The van der Waals surface area contributed by atoms with Crippen molar-refractivity contribution < 1.29 is 18.7 Å². The number of para-hydroxylation sites is 2. The number of nitrogens with one attached hydrogen (secondary N) is 1. The van der Waals surface area contributed by atoms with Gasteiger partial charge in [-0.2, -0.15) is 0 Å². The number of fused-ring (bicyclic) bond motifs is 1. The summed E-state index contributed by atoms with van der Waals surface area (Å²) in [5, 5.41) is 2.69. The molecule has 1 aliphatic rings. The van der Waals surface area contributed by atoms with Crippen LogP contribution < -0.4 is 14.8 Å². The van der Waals surface area contributed by atoms with Crippen LogP contribution in [0.2, 0.25) is 5.02 Å². The van der Waals surface area contributed by atoms with E-state index < -0.39 is 11.7 Å². The summed E-state index contributed by atoms with van der Waals surface area (Å²) in [7, 11) is 0. The van der Waals surface area contributed by atoms with Crippen LogP contribution in [0.15, 0.2) is 42.5 Å². The van der Waals surface area contributed by atoms with Crippen molar-refractivity contribution in [3.63, 3.8) is 0 Å². The summed E-state index contributed by atoms with van der Waals surface area (Å²) >= 11 is 5.86. The SMILES string of the molecule is O=C(NC[C@@H]1COc2ccccc2O1)c1c(F)cccc1Cl. The second-order valence-corrected chi connectivity index (χ2v) is 5.21. The first-order chi connectivity index (χ1) is 10.6. The summed E-state index contributed by atoms with van der Waals surface area (Å²) in [6.45, 7) is 0.500. The first-order valence-electron chi connectivity index (χ1n) is 6.76. The van der Waals surface area contributed by atoms with Crippen LogP contribution in [0, 0.1) is 5.82 Å². The van der Waals surface area contributed by atoms with Gasteiger partial charge in [0.25, 0.3) is 5.91 Å². The number of halogens is 2. The van der Waals surface area contributed by atoms with E-state index in [0.29, 0.717) is 18.1 Å². The molecule has 6 heteroatoms. The van der Waals surface area contributed by atoms with Crippen LogP contribution >= 0.6 is 11.6 Å². The lowest BCUT2D eigenvalue weighted by atomic mass is 10.2. The van der Waals surface area contributed by atoms with Crippen molar-refractivity contribution in [2.75, 3.05) is 13.2 Å². The summed E-state index contributed by atoms with van der Waals surface area (Å²) in [5.41, 5.74) is -0.165. The van der Waals surface area contributed by atoms with Crippen LogP contribution in [0.1, 0.15) is 10.4 Å². The van der Waals surface area contributed by atoms with Crippen molar-refractivity contribution in [1.82, 2.24) is 5.32 Å². The van der Waals surface area contributed by atoms with Crippen LogP contribution in [0.5, 0.6) is 11.5 Å². The molecule has 0 saturated heterocycles. The highest BCUT2D eigenvalue weighted by molar-refractivity contribution is 6.33. The highest BCUT2D eigenvalue weighted by atomic mass is 35.5. The number of hydrogen-bond acceptors (Lipinski definition) is 3. The standard InChI is InChI=1S/C16H13ClFNO3/c17-11-4-3-5-12(18)15(11)16(20)19-8-10-9-21-13-6-1-2-7-14(13)22-10/h1-7,10H,8-9H2,(H,19,20)/t10-/m1/s1. The number of benzene rings is 2. The Morgan fingerprint density at radius 1 is 1.23 bits per heavy atom. The van der Waals surface area contributed by atoms with Crippen molar-refractivity contribution in [3.8, 4) is 11.5 Å². The summed E-state index contributed by atoms with van der Waals surface area (Å²) < 4.78 is 24.9. The predicted octanol–water partition coefficient (Wildman–Crippen LogP) is 3.05. The van der Waals surface area contributed by atoms with E-state index in [1.807, 2.05) is 18.2 Å². The lowest BCUT2D eigenvalue weighted by molar-refractivity contribution is 0.0787. The maximum Gasteiger partial charge on any atom is 0.255 e. The molecule has 114 valence electrons. The third-order valence-corrected chi connectivity index (χ3v) is 3.56. The van der Waals surface area contributed by atoms with Gasteiger partial charge >= 0.3 is 0 Å². The van der Waals surface area contributed by atoms with Crippen molar-refractivity contribution >= 4 is 17.5 Å². The van der Waals surface area contributed by atoms with Crippen molar-refractivity contribution in [2.45, 2.75) is 6.10 Å². The predicted molar refractivity (Wildman–Crippen MR) is 80.1 cm³/mol. The van der Waals surface area contributed by atoms with Gasteiger partial charge in [-0.1, -0.05) is 29.8 Å². The fraction of sp³-hybridized carbons (Fsp3) is 0.188. The molecule has 0 spiro atoms. The first-order valence-corrected chi connectivity index (χ1v) is 7.13. The summed E-state index contributed by atoms with van der Waals surface area (Å²) in [6.07, 6.45) is -0.343.